The van der Waals surface area contributed by atoms with Gasteiger partial charge < -0.3 is 15.4 Å². The van der Waals surface area contributed by atoms with Gasteiger partial charge in [0.25, 0.3) is 0 Å². The molecule has 1 heterocycles. The largest absolute Gasteiger partial charge is 0.384 e. The van der Waals surface area contributed by atoms with E-state index < -0.39 is 0 Å². The molecule has 0 spiro atoms. The first-order chi connectivity index (χ1) is 10.0. The van der Waals surface area contributed by atoms with Crippen LogP contribution in [0.15, 0.2) is 30.3 Å². The molecule has 6 heteroatoms. The molecule has 0 saturated heterocycles. The Morgan fingerprint density at radius 2 is 2.05 bits per heavy atom. The number of nitrogens with two attached hydrogens (primary N) is 1. The zero-order valence-electron chi connectivity index (χ0n) is 12.4. The van der Waals surface area contributed by atoms with Crippen LogP contribution < -0.4 is 10.6 Å². The van der Waals surface area contributed by atoms with E-state index in [0.29, 0.717) is 18.2 Å². The second-order valence-electron chi connectivity index (χ2n) is 4.81. The van der Waals surface area contributed by atoms with E-state index in [1.807, 2.05) is 36.2 Å². The number of hydrogen-bond acceptors (Lipinski definition) is 5. The third-order valence-corrected chi connectivity index (χ3v) is 3.69. The average molecular weight is 307 g/mol. The van der Waals surface area contributed by atoms with Gasteiger partial charge >= 0.3 is 0 Å². The van der Waals surface area contributed by atoms with E-state index in [1.165, 1.54) is 0 Å². The van der Waals surface area contributed by atoms with Crippen molar-refractivity contribution in [3.63, 3.8) is 0 Å². The van der Waals surface area contributed by atoms with Crippen molar-refractivity contribution in [1.29, 1.82) is 0 Å². The Labute approximate surface area is 129 Å². The SMILES string of the molecule is COCc1nc(N)cc(N(C)C(C)c2ccccc2Cl)n1. The van der Waals surface area contributed by atoms with Crippen LogP contribution in [0.2, 0.25) is 5.02 Å². The number of rotatable bonds is 5. The van der Waals surface area contributed by atoms with Gasteiger partial charge in [-0.1, -0.05) is 29.8 Å². The maximum atomic E-state index is 6.26. The van der Waals surface area contributed by atoms with Crippen LogP contribution in [0.1, 0.15) is 24.4 Å². The lowest BCUT2D eigenvalue weighted by Gasteiger charge is -2.27. The molecule has 2 rings (SSSR count). The molecule has 0 aliphatic heterocycles. The minimum atomic E-state index is 0.0587. The van der Waals surface area contributed by atoms with E-state index in [1.54, 1.807) is 13.2 Å². The number of aromatic nitrogens is 2. The van der Waals surface area contributed by atoms with E-state index in [4.69, 9.17) is 22.1 Å². The number of anilines is 2. The molecule has 0 bridgehead atoms. The number of halogens is 1. The Morgan fingerprint density at radius 3 is 2.71 bits per heavy atom. The van der Waals surface area contributed by atoms with Crippen molar-refractivity contribution in [2.45, 2.75) is 19.6 Å². The van der Waals surface area contributed by atoms with Crippen LogP contribution in [0.25, 0.3) is 0 Å². The van der Waals surface area contributed by atoms with Crippen molar-refractivity contribution in [2.75, 3.05) is 24.8 Å². The van der Waals surface area contributed by atoms with Crippen molar-refractivity contribution in [3.8, 4) is 0 Å². The van der Waals surface area contributed by atoms with Crippen LogP contribution in [0, 0.1) is 0 Å². The van der Waals surface area contributed by atoms with Crippen LogP contribution in [-0.4, -0.2) is 24.1 Å². The zero-order valence-corrected chi connectivity index (χ0v) is 13.1. The summed E-state index contributed by atoms with van der Waals surface area (Å²) in [5, 5.41) is 0.732. The number of ether oxygens (including phenoxy) is 1. The van der Waals surface area contributed by atoms with E-state index in [-0.39, 0.29) is 6.04 Å². The normalized spacial score (nSPS) is 12.2. The van der Waals surface area contributed by atoms with Gasteiger partial charge in [-0.25, -0.2) is 9.97 Å². The van der Waals surface area contributed by atoms with Gasteiger partial charge in [0.2, 0.25) is 0 Å². The summed E-state index contributed by atoms with van der Waals surface area (Å²) in [5.74, 6) is 1.72. The summed E-state index contributed by atoms with van der Waals surface area (Å²) in [7, 11) is 3.55. The maximum Gasteiger partial charge on any atom is 0.158 e. The van der Waals surface area contributed by atoms with Crippen LogP contribution in [0.4, 0.5) is 11.6 Å². The number of methoxy groups -OCH3 is 1. The predicted octanol–water partition coefficient (Wildman–Crippen LogP) is 3.06. The van der Waals surface area contributed by atoms with Crippen LogP contribution in [0.5, 0.6) is 0 Å². The Morgan fingerprint density at radius 1 is 1.33 bits per heavy atom. The summed E-state index contributed by atoms with van der Waals surface area (Å²) in [5.41, 5.74) is 6.87. The molecule has 0 aliphatic carbocycles. The first kappa shape index (κ1) is 15.5. The Kier molecular flexibility index (Phi) is 4.98. The fraction of sp³-hybridized carbons (Fsp3) is 0.333. The molecule has 21 heavy (non-hydrogen) atoms. The minimum Gasteiger partial charge on any atom is -0.384 e. The molecule has 1 aromatic carbocycles. The highest BCUT2D eigenvalue weighted by Gasteiger charge is 2.17. The van der Waals surface area contributed by atoms with E-state index in [9.17, 15) is 0 Å². The first-order valence-electron chi connectivity index (χ1n) is 6.62. The van der Waals surface area contributed by atoms with Gasteiger partial charge in [0, 0.05) is 25.2 Å². The lowest BCUT2D eigenvalue weighted by molar-refractivity contribution is 0.178. The molecule has 5 nitrogen and oxygen atoms in total. The van der Waals surface area contributed by atoms with E-state index in [2.05, 4.69) is 16.9 Å². The van der Waals surface area contributed by atoms with E-state index in [0.717, 1.165) is 16.4 Å². The van der Waals surface area contributed by atoms with Gasteiger partial charge in [-0.2, -0.15) is 0 Å². The summed E-state index contributed by atoms with van der Waals surface area (Å²) in [6.45, 7) is 2.39. The van der Waals surface area contributed by atoms with Gasteiger partial charge in [0.1, 0.15) is 18.2 Å². The van der Waals surface area contributed by atoms with Crippen LogP contribution in [-0.2, 0) is 11.3 Å². The molecule has 112 valence electrons. The fourth-order valence-electron chi connectivity index (χ4n) is 2.10. The van der Waals surface area contributed by atoms with Crippen LogP contribution in [0.3, 0.4) is 0 Å². The average Bonchev–Trinajstić information content (AvgIpc) is 2.46. The standard InChI is InChI=1S/C15H19ClN4O/c1-10(11-6-4-5-7-12(11)16)20(2)15-8-13(17)18-14(19-15)9-21-3/h4-8,10H,9H2,1-3H3,(H2,17,18,19). The topological polar surface area (TPSA) is 64.3 Å². The van der Waals surface area contributed by atoms with Crippen molar-refractivity contribution >= 4 is 23.2 Å². The summed E-state index contributed by atoms with van der Waals surface area (Å²) < 4.78 is 5.06. The number of nitrogens with zero attached hydrogens (tertiary/aromatic N) is 3. The summed E-state index contributed by atoms with van der Waals surface area (Å²) in [6, 6.07) is 9.57. The molecule has 2 N–H and O–H groups in total. The molecular formula is C15H19ClN4O. The third-order valence-electron chi connectivity index (χ3n) is 3.35. The highest BCUT2D eigenvalue weighted by atomic mass is 35.5. The quantitative estimate of drug-likeness (QED) is 0.919. The van der Waals surface area contributed by atoms with Gasteiger partial charge in [-0.3, -0.25) is 0 Å². The number of benzene rings is 1. The lowest BCUT2D eigenvalue weighted by atomic mass is 10.1. The smallest absolute Gasteiger partial charge is 0.158 e. The summed E-state index contributed by atoms with van der Waals surface area (Å²) >= 11 is 6.26. The zero-order chi connectivity index (χ0) is 15.4. The molecule has 2 aromatic rings. The molecule has 0 saturated carbocycles. The second-order valence-corrected chi connectivity index (χ2v) is 5.22. The molecule has 1 atom stereocenters. The molecule has 0 aliphatic rings. The number of nitrogen functional groups attached to an aromatic ring is 1. The molecule has 0 amide bonds. The predicted molar refractivity (Wildman–Crippen MR) is 85.4 cm³/mol. The monoisotopic (exact) mass is 306 g/mol. The van der Waals surface area contributed by atoms with Crippen molar-refractivity contribution in [1.82, 2.24) is 9.97 Å². The minimum absolute atomic E-state index is 0.0587. The summed E-state index contributed by atoms with van der Waals surface area (Å²) in [6.07, 6.45) is 0. The summed E-state index contributed by atoms with van der Waals surface area (Å²) in [4.78, 5) is 10.6. The van der Waals surface area contributed by atoms with Gasteiger partial charge in [0.15, 0.2) is 5.82 Å². The van der Waals surface area contributed by atoms with Gasteiger partial charge in [-0.15, -0.1) is 0 Å². The van der Waals surface area contributed by atoms with Gasteiger partial charge in [-0.05, 0) is 18.6 Å². The van der Waals surface area contributed by atoms with Crippen molar-refractivity contribution in [3.05, 3.63) is 46.7 Å². The molecule has 0 fully saturated rings. The third kappa shape index (κ3) is 3.62. The molecule has 0 radical (unpaired) electrons. The number of hydrogen-bond donors (Lipinski definition) is 1. The van der Waals surface area contributed by atoms with Crippen molar-refractivity contribution in [2.24, 2.45) is 0 Å². The molecule has 1 aromatic heterocycles. The van der Waals surface area contributed by atoms with Crippen LogP contribution >= 0.6 is 11.6 Å². The second kappa shape index (κ2) is 6.74. The highest BCUT2D eigenvalue weighted by Crippen LogP contribution is 2.29. The maximum absolute atomic E-state index is 6.26. The van der Waals surface area contributed by atoms with Crippen molar-refractivity contribution < 1.29 is 4.74 Å². The van der Waals surface area contributed by atoms with E-state index >= 15 is 0 Å². The Hall–Kier alpha value is -1.85. The fourth-order valence-corrected chi connectivity index (χ4v) is 2.39. The van der Waals surface area contributed by atoms with Gasteiger partial charge in [0.05, 0.1) is 6.04 Å². The highest BCUT2D eigenvalue weighted by molar-refractivity contribution is 6.31. The molecular weight excluding hydrogens is 288 g/mol. The Bertz CT molecular complexity index is 620. The Balaban J connectivity index is 2.31. The lowest BCUT2D eigenvalue weighted by Crippen LogP contribution is -2.24. The molecule has 1 unspecified atom stereocenters. The first-order valence-corrected chi connectivity index (χ1v) is 7.00.